The molecule has 28 heavy (non-hydrogen) atoms. The molecule has 1 N–H and O–H groups in total. The Morgan fingerprint density at radius 2 is 1.89 bits per heavy atom. The maximum absolute atomic E-state index is 12.8. The molecule has 0 saturated carbocycles. The van der Waals surface area contributed by atoms with Crippen molar-refractivity contribution in [2.45, 2.75) is 51.3 Å². The molecule has 0 aliphatic rings. The first-order chi connectivity index (χ1) is 13.3. The molecule has 2 rings (SSSR count). The van der Waals surface area contributed by atoms with E-state index in [4.69, 9.17) is 11.6 Å². The SMILES string of the molecule is CCCCCc1nnc(NC(=O)c2ccc(Cl)c(S(=O)(=O)N(CC)CC)c2)s1. The Balaban J connectivity index is 2.19. The molecule has 0 fully saturated rings. The van der Waals surface area contributed by atoms with Crippen LogP contribution in [0.25, 0.3) is 0 Å². The van der Waals surface area contributed by atoms with Crippen molar-refractivity contribution in [1.82, 2.24) is 14.5 Å². The summed E-state index contributed by atoms with van der Waals surface area (Å²) < 4.78 is 26.8. The number of unbranched alkanes of at least 4 members (excludes halogenated alkanes) is 2. The molecule has 0 spiro atoms. The number of benzene rings is 1. The van der Waals surface area contributed by atoms with Crippen LogP contribution in [-0.2, 0) is 16.4 Å². The number of nitrogens with one attached hydrogen (secondary N) is 1. The van der Waals surface area contributed by atoms with Gasteiger partial charge in [-0.15, -0.1) is 10.2 Å². The number of aromatic nitrogens is 2. The van der Waals surface area contributed by atoms with Gasteiger partial charge in [0.15, 0.2) is 0 Å². The number of aryl methyl sites for hydroxylation is 1. The smallest absolute Gasteiger partial charge is 0.257 e. The number of nitrogens with zero attached hydrogens (tertiary/aromatic N) is 3. The fourth-order valence-corrected chi connectivity index (χ4v) is 5.38. The van der Waals surface area contributed by atoms with Crippen molar-refractivity contribution in [3.8, 4) is 0 Å². The number of anilines is 1. The van der Waals surface area contributed by atoms with Crippen LogP contribution in [0.5, 0.6) is 0 Å². The Hall–Kier alpha value is -1.55. The van der Waals surface area contributed by atoms with Crippen LogP contribution in [-0.4, -0.2) is 41.9 Å². The van der Waals surface area contributed by atoms with E-state index in [2.05, 4.69) is 22.4 Å². The molecule has 0 saturated heterocycles. The zero-order valence-corrected chi connectivity index (χ0v) is 18.6. The van der Waals surface area contributed by atoms with E-state index in [1.165, 1.54) is 33.8 Å². The largest absolute Gasteiger partial charge is 0.296 e. The predicted octanol–water partition coefficient (Wildman–Crippen LogP) is 4.21. The molecule has 7 nitrogen and oxygen atoms in total. The van der Waals surface area contributed by atoms with Crippen LogP contribution in [0.3, 0.4) is 0 Å². The molecule has 1 aromatic heterocycles. The van der Waals surface area contributed by atoms with E-state index >= 15 is 0 Å². The second-order valence-corrected chi connectivity index (χ2v) is 9.52. The fourth-order valence-electron chi connectivity index (χ4n) is 2.65. The van der Waals surface area contributed by atoms with Gasteiger partial charge in [-0.1, -0.05) is 56.6 Å². The zero-order valence-electron chi connectivity index (χ0n) is 16.2. The van der Waals surface area contributed by atoms with Crippen LogP contribution < -0.4 is 5.32 Å². The van der Waals surface area contributed by atoms with Crippen molar-refractivity contribution < 1.29 is 13.2 Å². The lowest BCUT2D eigenvalue weighted by Crippen LogP contribution is -2.31. The first kappa shape index (κ1) is 22.7. The van der Waals surface area contributed by atoms with Gasteiger partial charge in [0.05, 0.1) is 5.02 Å². The van der Waals surface area contributed by atoms with Gasteiger partial charge in [-0.25, -0.2) is 8.42 Å². The van der Waals surface area contributed by atoms with E-state index in [-0.39, 0.29) is 15.5 Å². The fraction of sp³-hybridized carbons (Fsp3) is 0.500. The first-order valence-corrected chi connectivity index (χ1v) is 11.9. The average Bonchev–Trinajstić information content (AvgIpc) is 3.10. The van der Waals surface area contributed by atoms with E-state index in [0.29, 0.717) is 18.2 Å². The molecule has 0 unspecified atom stereocenters. The minimum absolute atomic E-state index is 0.0805. The Kier molecular flexibility index (Phi) is 8.36. The summed E-state index contributed by atoms with van der Waals surface area (Å²) in [5.41, 5.74) is 0.192. The molecule has 1 heterocycles. The topological polar surface area (TPSA) is 92.3 Å². The third-order valence-corrected chi connectivity index (χ3v) is 7.63. The molecule has 0 radical (unpaired) electrons. The van der Waals surface area contributed by atoms with Gasteiger partial charge in [-0.05, 0) is 24.6 Å². The lowest BCUT2D eigenvalue weighted by Gasteiger charge is -2.19. The third kappa shape index (κ3) is 5.50. The number of sulfonamides is 1. The number of amides is 1. The minimum Gasteiger partial charge on any atom is -0.296 e. The van der Waals surface area contributed by atoms with Gasteiger partial charge >= 0.3 is 0 Å². The summed E-state index contributed by atoms with van der Waals surface area (Å²) in [6.45, 7) is 6.26. The standard InChI is InChI=1S/C18H25ClN4O3S2/c1-4-7-8-9-16-21-22-18(27-16)20-17(24)13-10-11-14(19)15(12-13)28(25,26)23(5-2)6-3/h10-12H,4-9H2,1-3H3,(H,20,22,24). The summed E-state index contributed by atoms with van der Waals surface area (Å²) in [5.74, 6) is -0.455. The van der Waals surface area contributed by atoms with Crippen molar-refractivity contribution in [2.75, 3.05) is 18.4 Å². The van der Waals surface area contributed by atoms with E-state index in [1.807, 2.05) is 0 Å². The number of hydrogen-bond acceptors (Lipinski definition) is 6. The molecule has 0 atom stereocenters. The van der Waals surface area contributed by atoms with Crippen molar-refractivity contribution in [3.05, 3.63) is 33.8 Å². The number of carbonyl (C=O) groups excluding carboxylic acids is 1. The quantitative estimate of drug-likeness (QED) is 0.554. The van der Waals surface area contributed by atoms with E-state index in [1.54, 1.807) is 13.8 Å². The summed E-state index contributed by atoms with van der Waals surface area (Å²) in [6, 6.07) is 4.21. The van der Waals surface area contributed by atoms with Crippen molar-refractivity contribution >= 4 is 44.0 Å². The number of halogens is 1. The van der Waals surface area contributed by atoms with Crippen LogP contribution in [0, 0.1) is 0 Å². The van der Waals surface area contributed by atoms with E-state index < -0.39 is 15.9 Å². The van der Waals surface area contributed by atoms with Gasteiger partial charge in [-0.3, -0.25) is 10.1 Å². The predicted molar refractivity (Wildman–Crippen MR) is 113 cm³/mol. The van der Waals surface area contributed by atoms with Gasteiger partial charge < -0.3 is 0 Å². The second kappa shape index (κ2) is 10.3. The Bertz CT molecular complexity index is 911. The first-order valence-electron chi connectivity index (χ1n) is 9.26. The summed E-state index contributed by atoms with van der Waals surface area (Å²) in [6.07, 6.45) is 4.10. The maximum atomic E-state index is 12.8. The van der Waals surface area contributed by atoms with E-state index in [0.717, 1.165) is 30.7 Å². The van der Waals surface area contributed by atoms with Crippen LogP contribution in [0.15, 0.2) is 23.1 Å². The van der Waals surface area contributed by atoms with Gasteiger partial charge in [0.1, 0.15) is 9.90 Å². The third-order valence-electron chi connectivity index (χ3n) is 4.20. The number of rotatable bonds is 10. The van der Waals surface area contributed by atoms with Crippen LogP contribution in [0.1, 0.15) is 55.4 Å². The Labute approximate surface area is 175 Å². The van der Waals surface area contributed by atoms with Gasteiger partial charge in [0, 0.05) is 25.1 Å². The highest BCUT2D eigenvalue weighted by Crippen LogP contribution is 2.26. The molecule has 154 valence electrons. The molecule has 1 aromatic carbocycles. The molecule has 2 aromatic rings. The molecule has 10 heteroatoms. The zero-order chi connectivity index (χ0) is 20.7. The van der Waals surface area contributed by atoms with Gasteiger partial charge in [0.25, 0.3) is 5.91 Å². The number of carbonyl (C=O) groups is 1. The van der Waals surface area contributed by atoms with Crippen LogP contribution >= 0.6 is 22.9 Å². The van der Waals surface area contributed by atoms with Crippen molar-refractivity contribution in [1.29, 1.82) is 0 Å². The number of hydrogen-bond donors (Lipinski definition) is 1. The summed E-state index contributed by atoms with van der Waals surface area (Å²) >= 11 is 7.43. The van der Waals surface area contributed by atoms with Crippen LogP contribution in [0.4, 0.5) is 5.13 Å². The normalized spacial score (nSPS) is 11.8. The molecule has 0 aliphatic carbocycles. The highest BCUT2D eigenvalue weighted by atomic mass is 35.5. The van der Waals surface area contributed by atoms with Crippen molar-refractivity contribution in [2.24, 2.45) is 0 Å². The summed E-state index contributed by atoms with van der Waals surface area (Å²) in [7, 11) is -3.77. The van der Waals surface area contributed by atoms with Crippen LogP contribution in [0.2, 0.25) is 5.02 Å². The lowest BCUT2D eigenvalue weighted by molar-refractivity contribution is 0.102. The Morgan fingerprint density at radius 3 is 2.54 bits per heavy atom. The molecule has 0 aliphatic heterocycles. The van der Waals surface area contributed by atoms with Gasteiger partial charge in [-0.2, -0.15) is 4.31 Å². The Morgan fingerprint density at radius 1 is 1.18 bits per heavy atom. The minimum atomic E-state index is -3.77. The highest BCUT2D eigenvalue weighted by molar-refractivity contribution is 7.89. The molecular formula is C18H25ClN4O3S2. The summed E-state index contributed by atoms with van der Waals surface area (Å²) in [5, 5.41) is 12.1. The average molecular weight is 445 g/mol. The monoisotopic (exact) mass is 444 g/mol. The van der Waals surface area contributed by atoms with Gasteiger partial charge in [0.2, 0.25) is 15.2 Å². The molecule has 1 amide bonds. The van der Waals surface area contributed by atoms with E-state index in [9.17, 15) is 13.2 Å². The highest BCUT2D eigenvalue weighted by Gasteiger charge is 2.25. The summed E-state index contributed by atoms with van der Waals surface area (Å²) in [4.78, 5) is 12.5. The lowest BCUT2D eigenvalue weighted by atomic mass is 10.2. The molecular weight excluding hydrogens is 420 g/mol. The van der Waals surface area contributed by atoms with Crippen molar-refractivity contribution in [3.63, 3.8) is 0 Å². The maximum Gasteiger partial charge on any atom is 0.257 e. The second-order valence-electron chi connectivity index (χ2n) is 6.15. The molecule has 0 bridgehead atoms.